The third-order valence-electron chi connectivity index (χ3n) is 4.64. The molecule has 0 spiro atoms. The van der Waals surface area contributed by atoms with Crippen molar-refractivity contribution < 1.29 is 4.79 Å². The number of piperidine rings is 1. The lowest BCUT2D eigenvalue weighted by molar-refractivity contribution is -0.122. The molecule has 116 valence electrons. The van der Waals surface area contributed by atoms with Crippen molar-refractivity contribution in [1.82, 2.24) is 15.6 Å². The predicted molar refractivity (Wildman–Crippen MR) is 85.3 cm³/mol. The molecule has 1 amide bonds. The average Bonchev–Trinajstić information content (AvgIpc) is 3.03. The van der Waals surface area contributed by atoms with Gasteiger partial charge in [-0.15, -0.1) is 11.3 Å². The summed E-state index contributed by atoms with van der Waals surface area (Å²) in [6.07, 6.45) is 5.59. The summed E-state index contributed by atoms with van der Waals surface area (Å²) in [5, 5.41) is 9.77. The van der Waals surface area contributed by atoms with E-state index in [1.54, 1.807) is 11.3 Å². The van der Waals surface area contributed by atoms with Crippen LogP contribution in [-0.2, 0) is 11.3 Å². The Kier molecular flexibility index (Phi) is 4.60. The number of nitrogens with one attached hydrogen (secondary N) is 2. The molecule has 0 radical (unpaired) electrons. The van der Waals surface area contributed by atoms with Crippen LogP contribution in [0, 0.1) is 5.92 Å². The molecule has 21 heavy (non-hydrogen) atoms. The zero-order valence-electron chi connectivity index (χ0n) is 12.9. The highest BCUT2D eigenvalue weighted by molar-refractivity contribution is 7.09. The topological polar surface area (TPSA) is 54.0 Å². The van der Waals surface area contributed by atoms with Crippen LogP contribution in [0.2, 0.25) is 0 Å². The average molecular weight is 307 g/mol. The van der Waals surface area contributed by atoms with Crippen molar-refractivity contribution in [2.24, 2.45) is 5.92 Å². The highest BCUT2D eigenvalue weighted by atomic mass is 32.1. The van der Waals surface area contributed by atoms with Crippen LogP contribution in [-0.4, -0.2) is 23.0 Å². The SMILES string of the molecule is CC(C)c1csc(CNC(=O)CC2CC3CCC(C2)N3)n1. The van der Waals surface area contributed by atoms with Crippen molar-refractivity contribution in [3.05, 3.63) is 16.1 Å². The third-order valence-corrected chi connectivity index (χ3v) is 5.51. The summed E-state index contributed by atoms with van der Waals surface area (Å²) in [6, 6.07) is 1.32. The number of fused-ring (bicyclic) bond motifs is 2. The molecular formula is C16H25N3OS. The van der Waals surface area contributed by atoms with Crippen molar-refractivity contribution in [3.8, 4) is 0 Å². The van der Waals surface area contributed by atoms with Crippen LogP contribution in [0.4, 0.5) is 0 Å². The molecule has 1 aromatic heterocycles. The molecule has 3 heterocycles. The number of rotatable bonds is 5. The van der Waals surface area contributed by atoms with E-state index >= 15 is 0 Å². The van der Waals surface area contributed by atoms with Crippen LogP contribution < -0.4 is 10.6 Å². The van der Waals surface area contributed by atoms with Gasteiger partial charge in [-0.05, 0) is 37.5 Å². The van der Waals surface area contributed by atoms with E-state index in [1.165, 1.54) is 25.7 Å². The molecule has 2 aliphatic heterocycles. The number of hydrogen-bond acceptors (Lipinski definition) is 4. The fourth-order valence-electron chi connectivity index (χ4n) is 3.52. The van der Waals surface area contributed by atoms with Gasteiger partial charge >= 0.3 is 0 Å². The van der Waals surface area contributed by atoms with E-state index in [0.717, 1.165) is 10.7 Å². The fourth-order valence-corrected chi connectivity index (χ4v) is 4.42. The first-order valence-electron chi connectivity index (χ1n) is 8.07. The Bertz CT molecular complexity index is 487. The van der Waals surface area contributed by atoms with E-state index in [2.05, 4.69) is 34.8 Å². The number of thiazole rings is 1. The maximum Gasteiger partial charge on any atom is 0.220 e. The summed E-state index contributed by atoms with van der Waals surface area (Å²) in [5.41, 5.74) is 1.12. The summed E-state index contributed by atoms with van der Waals surface area (Å²) in [7, 11) is 0. The van der Waals surface area contributed by atoms with Crippen molar-refractivity contribution in [1.29, 1.82) is 0 Å². The summed E-state index contributed by atoms with van der Waals surface area (Å²) in [6.45, 7) is 4.86. The van der Waals surface area contributed by atoms with E-state index in [-0.39, 0.29) is 5.91 Å². The second kappa shape index (κ2) is 6.44. The highest BCUT2D eigenvalue weighted by Crippen LogP contribution is 2.32. The molecule has 4 nitrogen and oxygen atoms in total. The van der Waals surface area contributed by atoms with Gasteiger partial charge in [0.15, 0.2) is 0 Å². The molecule has 2 N–H and O–H groups in total. The van der Waals surface area contributed by atoms with Crippen LogP contribution in [0.15, 0.2) is 5.38 Å². The molecule has 0 saturated carbocycles. The lowest BCUT2D eigenvalue weighted by Crippen LogP contribution is -2.39. The van der Waals surface area contributed by atoms with E-state index < -0.39 is 0 Å². The zero-order valence-corrected chi connectivity index (χ0v) is 13.7. The summed E-state index contributed by atoms with van der Waals surface area (Å²) < 4.78 is 0. The van der Waals surface area contributed by atoms with Crippen LogP contribution in [0.5, 0.6) is 0 Å². The first-order chi connectivity index (χ1) is 10.1. The van der Waals surface area contributed by atoms with Crippen molar-refractivity contribution in [3.63, 3.8) is 0 Å². The fraction of sp³-hybridized carbons (Fsp3) is 0.750. The number of carbonyl (C=O) groups excluding carboxylic acids is 1. The normalized spacial score (nSPS) is 28.0. The number of aromatic nitrogens is 1. The molecule has 0 aromatic carbocycles. The summed E-state index contributed by atoms with van der Waals surface area (Å²) in [5.74, 6) is 1.20. The zero-order chi connectivity index (χ0) is 14.8. The van der Waals surface area contributed by atoms with E-state index in [0.29, 0.717) is 36.9 Å². The lowest BCUT2D eigenvalue weighted by atomic mass is 9.89. The highest BCUT2D eigenvalue weighted by Gasteiger charge is 2.34. The van der Waals surface area contributed by atoms with Crippen LogP contribution >= 0.6 is 11.3 Å². The van der Waals surface area contributed by atoms with Gasteiger partial charge in [-0.3, -0.25) is 4.79 Å². The Balaban J connectivity index is 1.43. The Morgan fingerprint density at radius 1 is 1.43 bits per heavy atom. The molecular weight excluding hydrogens is 282 g/mol. The monoisotopic (exact) mass is 307 g/mol. The van der Waals surface area contributed by atoms with Crippen LogP contribution in [0.25, 0.3) is 0 Å². The largest absolute Gasteiger partial charge is 0.350 e. The van der Waals surface area contributed by atoms with Gasteiger partial charge < -0.3 is 10.6 Å². The third kappa shape index (κ3) is 3.83. The molecule has 2 saturated heterocycles. The second-order valence-corrected chi connectivity index (χ2v) is 7.72. The second-order valence-electron chi connectivity index (χ2n) is 6.78. The van der Waals surface area contributed by atoms with Gasteiger partial charge in [-0.25, -0.2) is 4.98 Å². The Labute approximate surface area is 130 Å². The minimum atomic E-state index is 0.183. The molecule has 2 aliphatic rings. The molecule has 1 aromatic rings. The predicted octanol–water partition coefficient (Wildman–Crippen LogP) is 2.80. The van der Waals surface area contributed by atoms with Crippen LogP contribution in [0.3, 0.4) is 0 Å². The van der Waals surface area contributed by atoms with Crippen molar-refractivity contribution >= 4 is 17.2 Å². The van der Waals surface area contributed by atoms with Crippen molar-refractivity contribution in [2.75, 3.05) is 0 Å². The Morgan fingerprint density at radius 3 is 2.76 bits per heavy atom. The quantitative estimate of drug-likeness (QED) is 0.879. The van der Waals surface area contributed by atoms with Crippen LogP contribution in [0.1, 0.15) is 62.6 Å². The Morgan fingerprint density at radius 2 is 2.14 bits per heavy atom. The molecule has 2 fully saturated rings. The maximum atomic E-state index is 12.1. The van der Waals surface area contributed by atoms with Gasteiger partial charge in [-0.1, -0.05) is 13.8 Å². The minimum Gasteiger partial charge on any atom is -0.350 e. The maximum absolute atomic E-state index is 12.1. The minimum absolute atomic E-state index is 0.183. The molecule has 0 aliphatic carbocycles. The molecule has 2 bridgehead atoms. The van der Waals surface area contributed by atoms with Crippen molar-refractivity contribution in [2.45, 2.75) is 70.5 Å². The molecule has 2 atom stereocenters. The molecule has 5 heteroatoms. The van der Waals surface area contributed by atoms with Gasteiger partial charge in [-0.2, -0.15) is 0 Å². The number of amides is 1. The van der Waals surface area contributed by atoms with Gasteiger partial charge in [0, 0.05) is 23.9 Å². The van der Waals surface area contributed by atoms with E-state index in [1.807, 2.05) is 0 Å². The summed E-state index contributed by atoms with van der Waals surface area (Å²) in [4.78, 5) is 16.7. The van der Waals surface area contributed by atoms with E-state index in [4.69, 9.17) is 0 Å². The number of carbonyl (C=O) groups is 1. The Hall–Kier alpha value is -0.940. The van der Waals surface area contributed by atoms with Gasteiger partial charge in [0.2, 0.25) is 5.91 Å². The smallest absolute Gasteiger partial charge is 0.220 e. The first-order valence-corrected chi connectivity index (χ1v) is 8.95. The van der Waals surface area contributed by atoms with Gasteiger partial charge in [0.25, 0.3) is 0 Å². The van der Waals surface area contributed by atoms with E-state index in [9.17, 15) is 4.79 Å². The van der Waals surface area contributed by atoms with Gasteiger partial charge in [0.05, 0.1) is 12.2 Å². The number of hydrogen-bond donors (Lipinski definition) is 2. The molecule has 2 unspecified atom stereocenters. The summed E-state index contributed by atoms with van der Waals surface area (Å²) >= 11 is 1.64. The lowest BCUT2D eigenvalue weighted by Gasteiger charge is -2.28. The van der Waals surface area contributed by atoms with Gasteiger partial charge in [0.1, 0.15) is 5.01 Å². The number of nitrogens with zero attached hydrogens (tertiary/aromatic N) is 1. The first kappa shape index (κ1) is 15.0. The standard InChI is InChI=1S/C16H25N3OS/c1-10(2)14-9-21-16(19-14)8-17-15(20)7-11-5-12-3-4-13(6-11)18-12/h9-13,18H,3-8H2,1-2H3,(H,17,20). The molecule has 3 rings (SSSR count).